The second-order valence-corrected chi connectivity index (χ2v) is 6.82. The van der Waals surface area contributed by atoms with E-state index in [1.165, 1.54) is 6.07 Å². The lowest BCUT2D eigenvalue weighted by atomic mass is 10.0. The lowest BCUT2D eigenvalue weighted by molar-refractivity contribution is -0.141. The number of alkyl halides is 6. The highest BCUT2D eigenvalue weighted by atomic mass is 19.4. The number of aryl methyl sites for hydroxylation is 1. The van der Waals surface area contributed by atoms with E-state index < -0.39 is 40.9 Å². The zero-order chi connectivity index (χ0) is 23.3. The summed E-state index contributed by atoms with van der Waals surface area (Å²) in [5.41, 5.74) is -3.54. The van der Waals surface area contributed by atoms with Crippen LogP contribution in [-0.2, 0) is 19.4 Å². The number of nitrogens with one attached hydrogen (secondary N) is 2. The van der Waals surface area contributed by atoms with Crippen molar-refractivity contribution < 1.29 is 31.1 Å². The molecule has 0 unspecified atom stereocenters. The van der Waals surface area contributed by atoms with E-state index in [1.54, 1.807) is 24.4 Å². The van der Waals surface area contributed by atoms with E-state index in [-0.39, 0.29) is 11.3 Å². The zero-order valence-corrected chi connectivity index (χ0v) is 16.1. The number of nitrogens with zero attached hydrogens (tertiary/aromatic N) is 3. The van der Waals surface area contributed by atoms with E-state index >= 15 is 0 Å². The first-order chi connectivity index (χ1) is 15.0. The Morgan fingerprint density at radius 3 is 2.50 bits per heavy atom. The monoisotopic (exact) mass is 453 g/mol. The van der Waals surface area contributed by atoms with Crippen LogP contribution in [0.4, 0.5) is 32.0 Å². The van der Waals surface area contributed by atoms with Crippen molar-refractivity contribution in [1.82, 2.24) is 19.7 Å². The van der Waals surface area contributed by atoms with Gasteiger partial charge in [-0.05, 0) is 24.3 Å². The number of hydrogen-bond donors (Lipinski definition) is 2. The van der Waals surface area contributed by atoms with E-state index in [0.29, 0.717) is 17.0 Å². The molecule has 0 saturated carbocycles. The fourth-order valence-electron chi connectivity index (χ4n) is 3.39. The smallest absolute Gasteiger partial charge is 0.361 e. The second kappa shape index (κ2) is 7.39. The van der Waals surface area contributed by atoms with Crippen LogP contribution < -0.4 is 5.32 Å². The van der Waals surface area contributed by atoms with Crippen LogP contribution in [0.3, 0.4) is 0 Å². The van der Waals surface area contributed by atoms with Crippen molar-refractivity contribution in [1.29, 1.82) is 0 Å². The Morgan fingerprint density at radius 2 is 1.81 bits per heavy atom. The van der Waals surface area contributed by atoms with Crippen LogP contribution in [-0.4, -0.2) is 25.7 Å². The summed E-state index contributed by atoms with van der Waals surface area (Å²) in [6, 6.07) is 7.80. The zero-order valence-electron chi connectivity index (χ0n) is 16.1. The first kappa shape index (κ1) is 21.4. The van der Waals surface area contributed by atoms with Gasteiger partial charge in [0.2, 0.25) is 0 Å². The van der Waals surface area contributed by atoms with Crippen molar-refractivity contribution in [3.8, 4) is 11.3 Å². The molecule has 3 aromatic heterocycles. The number of amides is 1. The van der Waals surface area contributed by atoms with Crippen molar-refractivity contribution in [2.75, 3.05) is 5.32 Å². The minimum atomic E-state index is -4.97. The topological polar surface area (TPSA) is 75.6 Å². The second-order valence-electron chi connectivity index (χ2n) is 6.82. The van der Waals surface area contributed by atoms with Gasteiger partial charge in [-0.3, -0.25) is 14.5 Å². The van der Waals surface area contributed by atoms with Crippen LogP contribution in [0, 0.1) is 0 Å². The molecule has 1 aromatic carbocycles. The SMILES string of the molecule is Cn1nc(-c2cccc3[nH]ccc23)c(C(F)(F)F)c1C(=O)Nc1ccnc(C(F)(F)F)c1. The average molecular weight is 453 g/mol. The molecule has 0 saturated heterocycles. The Kier molecular flexibility index (Phi) is 4.94. The largest absolute Gasteiger partial charge is 0.433 e. The number of fused-ring (bicyclic) bond motifs is 1. The Labute approximate surface area is 175 Å². The minimum Gasteiger partial charge on any atom is -0.361 e. The number of H-pyrrole nitrogens is 1. The van der Waals surface area contributed by atoms with Crippen LogP contribution in [0.1, 0.15) is 21.7 Å². The highest BCUT2D eigenvalue weighted by molar-refractivity contribution is 6.06. The van der Waals surface area contributed by atoms with Gasteiger partial charge in [0.1, 0.15) is 22.6 Å². The van der Waals surface area contributed by atoms with Crippen LogP contribution >= 0.6 is 0 Å². The molecule has 4 aromatic rings. The van der Waals surface area contributed by atoms with Gasteiger partial charge in [0.25, 0.3) is 5.91 Å². The Hall–Kier alpha value is -3.83. The van der Waals surface area contributed by atoms with Gasteiger partial charge in [-0.25, -0.2) is 0 Å². The number of aromatic nitrogens is 4. The molecule has 12 heteroatoms. The van der Waals surface area contributed by atoms with Crippen molar-refractivity contribution in [2.24, 2.45) is 7.05 Å². The fraction of sp³-hybridized carbons (Fsp3) is 0.150. The highest BCUT2D eigenvalue weighted by Gasteiger charge is 2.42. The summed E-state index contributed by atoms with van der Waals surface area (Å²) < 4.78 is 81.5. The molecule has 0 spiro atoms. The minimum absolute atomic E-state index is 0.147. The Bertz CT molecular complexity index is 1320. The number of carbonyl (C=O) groups excluding carboxylic acids is 1. The van der Waals surface area contributed by atoms with Crippen molar-refractivity contribution >= 4 is 22.5 Å². The lowest BCUT2D eigenvalue weighted by Crippen LogP contribution is -2.21. The summed E-state index contributed by atoms with van der Waals surface area (Å²) >= 11 is 0. The maximum absolute atomic E-state index is 14.1. The summed E-state index contributed by atoms with van der Waals surface area (Å²) in [4.78, 5) is 18.8. The lowest BCUT2D eigenvalue weighted by Gasteiger charge is -2.12. The average Bonchev–Trinajstić information content (AvgIpc) is 3.31. The summed E-state index contributed by atoms with van der Waals surface area (Å²) in [5, 5.41) is 6.47. The molecule has 0 bridgehead atoms. The third-order valence-corrected chi connectivity index (χ3v) is 4.70. The van der Waals surface area contributed by atoms with E-state index in [9.17, 15) is 31.1 Å². The van der Waals surface area contributed by atoms with Crippen molar-refractivity contribution in [2.45, 2.75) is 12.4 Å². The van der Waals surface area contributed by atoms with Crippen molar-refractivity contribution in [3.63, 3.8) is 0 Å². The normalized spacial score (nSPS) is 12.3. The molecule has 3 heterocycles. The molecular weight excluding hydrogens is 440 g/mol. The standard InChI is InChI=1S/C20H13F6N5O/c1-31-17(18(32)29-10-5-7-28-14(9-10)19(21,22)23)15(20(24,25)26)16(30-31)12-3-2-4-13-11(12)6-8-27-13/h2-9,27H,1H3,(H,28,29,32). The number of rotatable bonds is 3. The molecule has 0 aliphatic heterocycles. The number of benzene rings is 1. The van der Waals surface area contributed by atoms with Gasteiger partial charge in [-0.2, -0.15) is 31.4 Å². The maximum atomic E-state index is 14.1. The molecule has 2 N–H and O–H groups in total. The summed E-state index contributed by atoms with van der Waals surface area (Å²) in [6.07, 6.45) is -7.40. The third kappa shape index (κ3) is 3.79. The van der Waals surface area contributed by atoms with E-state index in [1.807, 2.05) is 0 Å². The van der Waals surface area contributed by atoms with Crippen LogP contribution in [0.5, 0.6) is 0 Å². The molecule has 4 rings (SSSR count). The fourth-order valence-corrected chi connectivity index (χ4v) is 3.39. The Morgan fingerprint density at radius 1 is 1.06 bits per heavy atom. The molecule has 1 amide bonds. The number of hydrogen-bond acceptors (Lipinski definition) is 3. The van der Waals surface area contributed by atoms with Crippen LogP contribution in [0.25, 0.3) is 22.2 Å². The van der Waals surface area contributed by atoms with Crippen molar-refractivity contribution in [3.05, 3.63) is 65.7 Å². The quantitative estimate of drug-likeness (QED) is 0.416. The van der Waals surface area contributed by atoms with Gasteiger partial charge in [0.05, 0.1) is 0 Å². The summed E-state index contributed by atoms with van der Waals surface area (Å²) in [6.45, 7) is 0. The predicted octanol–water partition coefficient (Wildman–Crippen LogP) is 5.25. The van der Waals surface area contributed by atoms with E-state index in [0.717, 1.165) is 24.0 Å². The molecule has 0 radical (unpaired) electrons. The molecule has 0 aliphatic carbocycles. The summed E-state index contributed by atoms with van der Waals surface area (Å²) in [7, 11) is 1.15. The first-order valence-corrected chi connectivity index (χ1v) is 9.02. The van der Waals surface area contributed by atoms with Crippen LogP contribution in [0.15, 0.2) is 48.8 Å². The molecule has 0 aliphatic rings. The first-order valence-electron chi connectivity index (χ1n) is 9.02. The third-order valence-electron chi connectivity index (χ3n) is 4.70. The molecule has 0 atom stereocenters. The number of carbonyl (C=O) groups is 1. The number of aromatic amines is 1. The van der Waals surface area contributed by atoms with Gasteiger partial charge in [-0.15, -0.1) is 0 Å². The van der Waals surface area contributed by atoms with E-state index in [2.05, 4.69) is 20.4 Å². The Balaban J connectivity index is 1.82. The molecular formula is C20H13F6N5O. The number of pyridine rings is 1. The summed E-state index contributed by atoms with van der Waals surface area (Å²) in [5.74, 6) is -1.26. The van der Waals surface area contributed by atoms with Gasteiger partial charge < -0.3 is 10.3 Å². The number of halogens is 6. The van der Waals surface area contributed by atoms with Gasteiger partial charge in [0, 0.05) is 41.6 Å². The van der Waals surface area contributed by atoms with Gasteiger partial charge in [-0.1, -0.05) is 12.1 Å². The molecule has 32 heavy (non-hydrogen) atoms. The highest BCUT2D eigenvalue weighted by Crippen LogP contribution is 2.41. The van der Waals surface area contributed by atoms with Gasteiger partial charge >= 0.3 is 12.4 Å². The predicted molar refractivity (Wildman–Crippen MR) is 103 cm³/mol. The molecule has 166 valence electrons. The maximum Gasteiger partial charge on any atom is 0.433 e. The molecule has 0 fully saturated rings. The van der Waals surface area contributed by atoms with Crippen LogP contribution in [0.2, 0.25) is 0 Å². The number of anilines is 1. The van der Waals surface area contributed by atoms with E-state index in [4.69, 9.17) is 0 Å². The molecule has 6 nitrogen and oxygen atoms in total. The van der Waals surface area contributed by atoms with Gasteiger partial charge in [0.15, 0.2) is 0 Å².